The Kier molecular flexibility index (Phi) is 7.64. The average Bonchev–Trinajstić information content (AvgIpc) is 4.04. The summed E-state index contributed by atoms with van der Waals surface area (Å²) in [5, 5.41) is 4.43. The van der Waals surface area contributed by atoms with Crippen LogP contribution in [0.1, 0.15) is 22.3 Å². The number of hydrogen-bond acceptors (Lipinski definition) is 4. The molecule has 68 heavy (non-hydrogen) atoms. The van der Waals surface area contributed by atoms with E-state index in [1.807, 2.05) is 42.5 Å². The van der Waals surface area contributed by atoms with Crippen LogP contribution in [-0.2, 0) is 5.41 Å². The summed E-state index contributed by atoms with van der Waals surface area (Å²) in [5.74, 6) is 2.51. The van der Waals surface area contributed by atoms with Crippen molar-refractivity contribution in [2.24, 2.45) is 0 Å². The van der Waals surface area contributed by atoms with E-state index in [4.69, 9.17) is 19.1 Å². The molecule has 5 nitrogen and oxygen atoms in total. The number of hydrogen-bond donors (Lipinski definition) is 0. The summed E-state index contributed by atoms with van der Waals surface area (Å²) in [7, 11) is 0. The molecule has 5 heteroatoms. The topological polar surface area (TPSA) is 53.1 Å². The van der Waals surface area contributed by atoms with Gasteiger partial charge in [-0.25, -0.2) is 9.97 Å². The van der Waals surface area contributed by atoms with Gasteiger partial charge in [-0.05, 0) is 105 Å². The van der Waals surface area contributed by atoms with Crippen LogP contribution < -0.4 is 4.74 Å². The Hall–Kier alpha value is -9.06. The van der Waals surface area contributed by atoms with Crippen molar-refractivity contribution in [2.75, 3.05) is 0 Å². The van der Waals surface area contributed by atoms with Crippen LogP contribution in [0.5, 0.6) is 11.5 Å². The quantitative estimate of drug-likeness (QED) is 0.177. The van der Waals surface area contributed by atoms with Crippen molar-refractivity contribution >= 4 is 54.8 Å². The lowest BCUT2D eigenvalue weighted by molar-refractivity contribution is 0.436. The molecule has 316 valence electrons. The molecule has 0 saturated carbocycles. The summed E-state index contributed by atoms with van der Waals surface area (Å²) in [6, 6.07) is 80.0. The van der Waals surface area contributed by atoms with Gasteiger partial charge in [0.05, 0.1) is 27.5 Å². The third-order valence-corrected chi connectivity index (χ3v) is 14.5. The zero-order chi connectivity index (χ0) is 44.5. The summed E-state index contributed by atoms with van der Waals surface area (Å²) < 4.78 is 15.6. The molecule has 1 aliphatic carbocycles. The molecule has 0 atom stereocenters. The molecule has 0 saturated heterocycles. The maximum absolute atomic E-state index is 6.98. The van der Waals surface area contributed by atoms with Gasteiger partial charge in [0.25, 0.3) is 0 Å². The highest BCUT2D eigenvalue weighted by molar-refractivity contribution is 6.18. The van der Waals surface area contributed by atoms with Gasteiger partial charge >= 0.3 is 0 Å². The van der Waals surface area contributed by atoms with Crippen LogP contribution in [0.2, 0.25) is 0 Å². The number of aromatic nitrogens is 3. The van der Waals surface area contributed by atoms with Gasteiger partial charge in [-0.2, -0.15) is 0 Å². The lowest BCUT2D eigenvalue weighted by atomic mass is 9.66. The Morgan fingerprint density at radius 2 is 0.985 bits per heavy atom. The highest BCUT2D eigenvalue weighted by atomic mass is 16.5. The van der Waals surface area contributed by atoms with Gasteiger partial charge in [0, 0.05) is 38.2 Å². The summed E-state index contributed by atoms with van der Waals surface area (Å²) in [6.07, 6.45) is 0. The molecule has 0 unspecified atom stereocenters. The Bertz CT molecular complexity index is 4210. The maximum Gasteiger partial charge on any atom is 0.165 e. The predicted octanol–water partition coefficient (Wildman–Crippen LogP) is 16.1. The number of benzene rings is 10. The molecule has 15 rings (SSSR count). The van der Waals surface area contributed by atoms with Gasteiger partial charge in [-0.1, -0.05) is 164 Å². The Labute approximate surface area is 390 Å². The molecule has 0 bridgehead atoms. The Morgan fingerprint density at radius 1 is 0.368 bits per heavy atom. The SMILES string of the molecule is c1ccc(-c2nc3ccccc3nc2-n2c3ccc(-c4ccc5c(c4)Oc4ccccc4C54c5ccccc5-c5ccccc54)cc3c3c(-c4ccc5oc6ccccc6c5c4)cccc32)cc1. The molecular weight excluding hydrogens is 831 g/mol. The summed E-state index contributed by atoms with van der Waals surface area (Å²) >= 11 is 0. The molecule has 13 aromatic rings. The minimum absolute atomic E-state index is 0.527. The van der Waals surface area contributed by atoms with E-state index in [1.165, 1.54) is 22.3 Å². The molecule has 0 N–H and O–H groups in total. The number of fused-ring (bicyclic) bond motifs is 16. The number of para-hydroxylation sites is 4. The van der Waals surface area contributed by atoms with Crippen molar-refractivity contribution < 1.29 is 9.15 Å². The standard InChI is InChI=1S/C63H37N3O2/c1-2-15-38(16-3-1)61-62(65-53-25-11-10-24-52(53)64-61)66-54-33-30-39(35-47(54)60-42(20-14-26-55(60)66)41-31-34-57-46(36-41)45-19-6-12-27-56(45)67-57)40-29-32-51-59(37-40)68-58-28-13-9-23-50(58)63(51)48-21-7-4-17-43(48)44-18-5-8-22-49(44)63/h1-37H. The second-order valence-corrected chi connectivity index (χ2v) is 18.0. The first-order valence-corrected chi connectivity index (χ1v) is 23.1. The van der Waals surface area contributed by atoms with E-state index >= 15 is 0 Å². The van der Waals surface area contributed by atoms with Crippen molar-refractivity contribution in [3.05, 3.63) is 247 Å². The van der Waals surface area contributed by atoms with E-state index in [2.05, 4.69) is 187 Å². The van der Waals surface area contributed by atoms with Crippen molar-refractivity contribution in [1.82, 2.24) is 14.5 Å². The van der Waals surface area contributed by atoms with Crippen molar-refractivity contribution in [1.29, 1.82) is 0 Å². The minimum atomic E-state index is -0.527. The van der Waals surface area contributed by atoms with E-state index in [-0.39, 0.29) is 0 Å². The monoisotopic (exact) mass is 867 g/mol. The van der Waals surface area contributed by atoms with Crippen molar-refractivity contribution in [3.63, 3.8) is 0 Å². The molecule has 2 aliphatic rings. The van der Waals surface area contributed by atoms with Crippen LogP contribution in [0.3, 0.4) is 0 Å². The van der Waals surface area contributed by atoms with Gasteiger partial charge < -0.3 is 9.15 Å². The highest BCUT2D eigenvalue weighted by Gasteiger charge is 2.51. The first-order valence-electron chi connectivity index (χ1n) is 23.1. The third-order valence-electron chi connectivity index (χ3n) is 14.5. The predicted molar refractivity (Wildman–Crippen MR) is 275 cm³/mol. The third kappa shape index (κ3) is 5.10. The smallest absolute Gasteiger partial charge is 0.165 e. The first-order chi connectivity index (χ1) is 33.7. The van der Waals surface area contributed by atoms with E-state index in [0.717, 1.165) is 117 Å². The van der Waals surface area contributed by atoms with Crippen LogP contribution in [0.4, 0.5) is 0 Å². The van der Waals surface area contributed by atoms with Crippen LogP contribution >= 0.6 is 0 Å². The van der Waals surface area contributed by atoms with Gasteiger partial charge in [-0.15, -0.1) is 0 Å². The van der Waals surface area contributed by atoms with E-state index in [1.54, 1.807) is 0 Å². The fourth-order valence-corrected chi connectivity index (χ4v) is 11.6. The van der Waals surface area contributed by atoms with Gasteiger partial charge in [0.15, 0.2) is 5.82 Å². The van der Waals surface area contributed by atoms with Crippen molar-refractivity contribution in [3.8, 4) is 62.0 Å². The Balaban J connectivity index is 0.988. The summed E-state index contributed by atoms with van der Waals surface area (Å²) in [4.78, 5) is 10.8. The second-order valence-electron chi connectivity index (χ2n) is 18.0. The van der Waals surface area contributed by atoms with E-state index < -0.39 is 5.41 Å². The van der Waals surface area contributed by atoms with Crippen LogP contribution in [0, 0.1) is 0 Å². The van der Waals surface area contributed by atoms with Gasteiger partial charge in [-0.3, -0.25) is 4.57 Å². The molecule has 10 aromatic carbocycles. The molecule has 3 aromatic heterocycles. The molecule has 1 aliphatic heterocycles. The fourth-order valence-electron chi connectivity index (χ4n) is 11.6. The van der Waals surface area contributed by atoms with Crippen LogP contribution in [0.25, 0.3) is 105 Å². The number of rotatable bonds is 4. The zero-order valence-corrected chi connectivity index (χ0v) is 36.5. The van der Waals surface area contributed by atoms with E-state index in [0.29, 0.717) is 0 Å². The lowest BCUT2D eigenvalue weighted by Crippen LogP contribution is -2.32. The zero-order valence-electron chi connectivity index (χ0n) is 36.5. The van der Waals surface area contributed by atoms with Crippen LogP contribution in [0.15, 0.2) is 229 Å². The van der Waals surface area contributed by atoms with Gasteiger partial charge in [0.1, 0.15) is 28.4 Å². The molecule has 1 spiro atoms. The molecule has 0 radical (unpaired) electrons. The normalized spacial score (nSPS) is 13.2. The fraction of sp³-hybridized carbons (Fsp3) is 0.0159. The number of ether oxygens (including phenoxy) is 1. The van der Waals surface area contributed by atoms with Crippen LogP contribution in [-0.4, -0.2) is 14.5 Å². The molecule has 0 fully saturated rings. The number of nitrogens with zero attached hydrogens (tertiary/aromatic N) is 3. The lowest BCUT2D eigenvalue weighted by Gasteiger charge is -2.39. The summed E-state index contributed by atoms with van der Waals surface area (Å²) in [6.45, 7) is 0. The number of furan rings is 1. The average molecular weight is 868 g/mol. The minimum Gasteiger partial charge on any atom is -0.457 e. The summed E-state index contributed by atoms with van der Waals surface area (Å²) in [5.41, 5.74) is 18.6. The Morgan fingerprint density at radius 3 is 1.82 bits per heavy atom. The van der Waals surface area contributed by atoms with Crippen molar-refractivity contribution in [2.45, 2.75) is 5.41 Å². The second kappa shape index (κ2) is 14.0. The molecule has 0 amide bonds. The maximum atomic E-state index is 6.98. The largest absolute Gasteiger partial charge is 0.457 e. The molecular formula is C63H37N3O2. The molecule has 4 heterocycles. The highest BCUT2D eigenvalue weighted by Crippen LogP contribution is 2.62. The van der Waals surface area contributed by atoms with E-state index in [9.17, 15) is 0 Å². The van der Waals surface area contributed by atoms with Gasteiger partial charge in [0.2, 0.25) is 0 Å². The first kappa shape index (κ1) is 37.2.